The van der Waals surface area contributed by atoms with Gasteiger partial charge in [0.1, 0.15) is 12.2 Å². The van der Waals surface area contributed by atoms with Gasteiger partial charge in [-0.3, -0.25) is 9.78 Å². The van der Waals surface area contributed by atoms with Crippen LogP contribution >= 0.6 is 0 Å². The van der Waals surface area contributed by atoms with Crippen LogP contribution in [0.3, 0.4) is 0 Å². The summed E-state index contributed by atoms with van der Waals surface area (Å²) in [5.41, 5.74) is 0.608. The summed E-state index contributed by atoms with van der Waals surface area (Å²) in [6, 6.07) is 3.37. The first kappa shape index (κ1) is 14.6. The van der Waals surface area contributed by atoms with Crippen LogP contribution < -0.4 is 5.32 Å². The van der Waals surface area contributed by atoms with E-state index in [2.05, 4.69) is 20.6 Å². The van der Waals surface area contributed by atoms with Gasteiger partial charge in [-0.25, -0.2) is 9.48 Å². The Labute approximate surface area is 120 Å². The SMILES string of the molecule is CCCNC(=O)Cn1nnc(C(=O)O)c1-c1cccnc1. The maximum absolute atomic E-state index is 11.8. The van der Waals surface area contributed by atoms with E-state index >= 15 is 0 Å². The molecule has 0 bridgehead atoms. The number of hydrogen-bond donors (Lipinski definition) is 2. The van der Waals surface area contributed by atoms with Crippen molar-refractivity contribution >= 4 is 11.9 Å². The van der Waals surface area contributed by atoms with Gasteiger partial charge >= 0.3 is 5.97 Å². The summed E-state index contributed by atoms with van der Waals surface area (Å²) in [5, 5.41) is 19.3. The molecule has 8 nitrogen and oxygen atoms in total. The lowest BCUT2D eigenvalue weighted by Crippen LogP contribution is -2.28. The van der Waals surface area contributed by atoms with Crippen molar-refractivity contribution in [1.29, 1.82) is 0 Å². The lowest BCUT2D eigenvalue weighted by molar-refractivity contribution is -0.121. The molecule has 0 aromatic carbocycles. The first-order valence-corrected chi connectivity index (χ1v) is 6.47. The molecular weight excluding hydrogens is 274 g/mol. The van der Waals surface area contributed by atoms with Gasteiger partial charge in [0.2, 0.25) is 5.91 Å². The van der Waals surface area contributed by atoms with Crippen LogP contribution in [0, 0.1) is 0 Å². The number of carboxylic acids is 1. The standard InChI is InChI=1S/C13H15N5O3/c1-2-5-15-10(19)8-18-12(9-4-3-6-14-7-9)11(13(20)21)16-17-18/h3-4,6-7H,2,5,8H2,1H3,(H,15,19)(H,20,21). The fraction of sp³-hybridized carbons (Fsp3) is 0.308. The fourth-order valence-corrected chi connectivity index (χ4v) is 1.81. The van der Waals surface area contributed by atoms with Crippen molar-refractivity contribution in [2.24, 2.45) is 0 Å². The van der Waals surface area contributed by atoms with Crippen LogP contribution in [0.15, 0.2) is 24.5 Å². The lowest BCUT2D eigenvalue weighted by atomic mass is 10.1. The lowest BCUT2D eigenvalue weighted by Gasteiger charge is -2.07. The van der Waals surface area contributed by atoms with Crippen molar-refractivity contribution in [3.63, 3.8) is 0 Å². The predicted molar refractivity (Wildman–Crippen MR) is 73.5 cm³/mol. The van der Waals surface area contributed by atoms with E-state index in [1.54, 1.807) is 18.3 Å². The van der Waals surface area contributed by atoms with Crippen LogP contribution in [0.25, 0.3) is 11.3 Å². The van der Waals surface area contributed by atoms with E-state index in [1.807, 2.05) is 6.92 Å². The molecule has 2 rings (SSSR count). The predicted octanol–water partition coefficient (Wildman–Crippen LogP) is 0.564. The van der Waals surface area contributed by atoms with E-state index < -0.39 is 5.97 Å². The molecule has 21 heavy (non-hydrogen) atoms. The summed E-state index contributed by atoms with van der Waals surface area (Å²) < 4.78 is 1.27. The van der Waals surface area contributed by atoms with Gasteiger partial charge < -0.3 is 10.4 Å². The average Bonchev–Trinajstić information content (AvgIpc) is 2.89. The molecule has 2 N–H and O–H groups in total. The van der Waals surface area contributed by atoms with E-state index in [9.17, 15) is 14.7 Å². The van der Waals surface area contributed by atoms with Crippen molar-refractivity contribution in [3.05, 3.63) is 30.2 Å². The summed E-state index contributed by atoms with van der Waals surface area (Å²) >= 11 is 0. The second-order valence-corrected chi connectivity index (χ2v) is 4.34. The van der Waals surface area contributed by atoms with Crippen molar-refractivity contribution < 1.29 is 14.7 Å². The van der Waals surface area contributed by atoms with Gasteiger partial charge in [-0.2, -0.15) is 0 Å². The first-order valence-electron chi connectivity index (χ1n) is 6.47. The molecule has 8 heteroatoms. The zero-order valence-electron chi connectivity index (χ0n) is 11.5. The number of carbonyl (C=O) groups excluding carboxylic acids is 1. The Hall–Kier alpha value is -2.77. The zero-order valence-corrected chi connectivity index (χ0v) is 11.5. The Morgan fingerprint density at radius 1 is 1.43 bits per heavy atom. The number of amides is 1. The highest BCUT2D eigenvalue weighted by Gasteiger charge is 2.21. The molecule has 0 radical (unpaired) electrons. The zero-order chi connectivity index (χ0) is 15.2. The van der Waals surface area contributed by atoms with Gasteiger partial charge in [0.15, 0.2) is 5.69 Å². The largest absolute Gasteiger partial charge is 0.476 e. The minimum Gasteiger partial charge on any atom is -0.476 e. The van der Waals surface area contributed by atoms with Crippen molar-refractivity contribution in [2.75, 3.05) is 6.54 Å². The minimum absolute atomic E-state index is 0.0928. The molecule has 0 unspecified atom stereocenters. The third kappa shape index (κ3) is 3.41. The Bertz CT molecular complexity index is 639. The molecule has 0 fully saturated rings. The summed E-state index contributed by atoms with van der Waals surface area (Å²) in [4.78, 5) is 26.9. The van der Waals surface area contributed by atoms with Gasteiger partial charge in [0.05, 0.1) is 0 Å². The van der Waals surface area contributed by atoms with Gasteiger partial charge in [0.25, 0.3) is 0 Å². The number of rotatable bonds is 6. The molecule has 0 aliphatic carbocycles. The van der Waals surface area contributed by atoms with E-state index in [-0.39, 0.29) is 23.8 Å². The second-order valence-electron chi connectivity index (χ2n) is 4.34. The summed E-state index contributed by atoms with van der Waals surface area (Å²) in [6.07, 6.45) is 3.90. The highest BCUT2D eigenvalue weighted by atomic mass is 16.4. The van der Waals surface area contributed by atoms with Crippen molar-refractivity contribution in [1.82, 2.24) is 25.3 Å². The molecule has 2 heterocycles. The average molecular weight is 289 g/mol. The molecule has 2 aromatic heterocycles. The molecule has 0 saturated carbocycles. The van der Waals surface area contributed by atoms with Gasteiger partial charge in [0, 0.05) is 24.5 Å². The molecule has 1 amide bonds. The maximum Gasteiger partial charge on any atom is 0.358 e. The molecule has 0 saturated heterocycles. The molecule has 2 aromatic rings. The summed E-state index contributed by atoms with van der Waals surface area (Å²) in [6.45, 7) is 2.41. The number of nitrogens with one attached hydrogen (secondary N) is 1. The number of nitrogens with zero attached hydrogens (tertiary/aromatic N) is 4. The molecule has 0 atom stereocenters. The Morgan fingerprint density at radius 3 is 2.86 bits per heavy atom. The quantitative estimate of drug-likeness (QED) is 0.804. The summed E-state index contributed by atoms with van der Waals surface area (Å²) in [5.74, 6) is -1.45. The Kier molecular flexibility index (Phi) is 4.60. The van der Waals surface area contributed by atoms with Gasteiger partial charge in [-0.1, -0.05) is 12.1 Å². The number of aromatic nitrogens is 4. The van der Waals surface area contributed by atoms with Crippen LogP contribution in [0.5, 0.6) is 0 Å². The number of hydrogen-bond acceptors (Lipinski definition) is 5. The fourth-order valence-electron chi connectivity index (χ4n) is 1.81. The normalized spacial score (nSPS) is 10.3. The van der Waals surface area contributed by atoms with Crippen molar-refractivity contribution in [3.8, 4) is 11.3 Å². The molecule has 0 spiro atoms. The van der Waals surface area contributed by atoms with Gasteiger partial charge in [-0.15, -0.1) is 5.10 Å². The first-order chi connectivity index (χ1) is 10.1. The van der Waals surface area contributed by atoms with E-state index in [0.29, 0.717) is 12.1 Å². The van der Waals surface area contributed by atoms with Crippen molar-refractivity contribution in [2.45, 2.75) is 19.9 Å². The molecule has 0 aliphatic heterocycles. The maximum atomic E-state index is 11.8. The smallest absolute Gasteiger partial charge is 0.358 e. The number of carbonyl (C=O) groups is 2. The topological polar surface area (TPSA) is 110 Å². The molecular formula is C13H15N5O3. The minimum atomic E-state index is -1.20. The molecule has 110 valence electrons. The van der Waals surface area contributed by atoms with E-state index in [0.717, 1.165) is 6.42 Å². The Balaban J connectivity index is 2.34. The number of aromatic carboxylic acids is 1. The van der Waals surface area contributed by atoms with E-state index in [4.69, 9.17) is 0 Å². The highest BCUT2D eigenvalue weighted by Crippen LogP contribution is 2.21. The second kappa shape index (κ2) is 6.60. The van der Waals surface area contributed by atoms with Crippen LogP contribution in [0.4, 0.5) is 0 Å². The van der Waals surface area contributed by atoms with Crippen LogP contribution in [-0.2, 0) is 11.3 Å². The van der Waals surface area contributed by atoms with Crippen LogP contribution in [0.1, 0.15) is 23.8 Å². The van der Waals surface area contributed by atoms with E-state index in [1.165, 1.54) is 10.9 Å². The third-order valence-corrected chi connectivity index (χ3v) is 2.74. The summed E-state index contributed by atoms with van der Waals surface area (Å²) in [7, 11) is 0. The molecule has 0 aliphatic rings. The Morgan fingerprint density at radius 2 is 2.24 bits per heavy atom. The van der Waals surface area contributed by atoms with Crippen LogP contribution in [0.2, 0.25) is 0 Å². The number of pyridine rings is 1. The van der Waals surface area contributed by atoms with Crippen LogP contribution in [-0.4, -0.2) is 43.5 Å². The monoisotopic (exact) mass is 289 g/mol. The number of carboxylic acid groups (broad SMARTS) is 1. The highest BCUT2D eigenvalue weighted by molar-refractivity contribution is 5.92. The third-order valence-electron chi connectivity index (χ3n) is 2.74. The van der Waals surface area contributed by atoms with Gasteiger partial charge in [-0.05, 0) is 18.6 Å².